The summed E-state index contributed by atoms with van der Waals surface area (Å²) in [6.07, 6.45) is 4.34. The number of halogens is 1. The molecular weight excluding hydrogens is 416 g/mol. The van der Waals surface area contributed by atoms with E-state index in [1.807, 2.05) is 19.1 Å². The summed E-state index contributed by atoms with van der Waals surface area (Å²) >= 11 is 5.94. The molecule has 1 aromatic carbocycles. The summed E-state index contributed by atoms with van der Waals surface area (Å²) in [4.78, 5) is 30.3. The molecule has 1 aliphatic heterocycles. The molecule has 160 valence electrons. The molecule has 2 aromatic heterocycles. The first kappa shape index (κ1) is 19.9. The molecule has 1 aliphatic carbocycles. The molecule has 1 fully saturated rings. The Balaban J connectivity index is 1.41. The van der Waals surface area contributed by atoms with Crippen molar-refractivity contribution in [2.45, 2.75) is 38.3 Å². The van der Waals surface area contributed by atoms with Gasteiger partial charge >= 0.3 is 0 Å². The van der Waals surface area contributed by atoms with E-state index in [0.29, 0.717) is 17.9 Å². The van der Waals surface area contributed by atoms with E-state index in [0.717, 1.165) is 23.4 Å². The fourth-order valence-corrected chi connectivity index (χ4v) is 4.60. The van der Waals surface area contributed by atoms with E-state index in [-0.39, 0.29) is 35.4 Å². The van der Waals surface area contributed by atoms with Crippen LogP contribution >= 0.6 is 11.6 Å². The summed E-state index contributed by atoms with van der Waals surface area (Å²) in [6, 6.07) is 9.48. The van der Waals surface area contributed by atoms with Gasteiger partial charge in [0.15, 0.2) is 0 Å². The first-order valence-corrected chi connectivity index (χ1v) is 10.8. The fourth-order valence-electron chi connectivity index (χ4n) is 4.43. The highest BCUT2D eigenvalue weighted by Gasteiger charge is 2.63. The third kappa shape index (κ3) is 3.24. The van der Waals surface area contributed by atoms with Crippen LogP contribution in [0.1, 0.15) is 33.7 Å². The van der Waals surface area contributed by atoms with Crippen LogP contribution < -0.4 is 15.6 Å². The van der Waals surface area contributed by atoms with Crippen molar-refractivity contribution in [2.24, 2.45) is 0 Å². The van der Waals surface area contributed by atoms with Crippen molar-refractivity contribution in [3.8, 4) is 11.4 Å². The number of hydrogen-bond acceptors (Lipinski definition) is 4. The Morgan fingerprint density at radius 2 is 2.16 bits per heavy atom. The number of nitrogens with one attached hydrogen (secondary N) is 1. The number of benzene rings is 1. The standard InChI is InChI=1S/C23H23ClN4O3/c1-14-3-6-19-16(9-14)23(10-20(23)31-19)12-25-21(29)17-4-5-18(22(30)28(17)8-7-24)27-11-15(2)26-13-27/h3-6,9,11,13,20H,7-8,10,12H2,1-2H3,(H,25,29). The molecule has 0 radical (unpaired) electrons. The topological polar surface area (TPSA) is 78.2 Å². The van der Waals surface area contributed by atoms with Crippen molar-refractivity contribution in [1.82, 2.24) is 19.4 Å². The molecule has 3 heterocycles. The van der Waals surface area contributed by atoms with E-state index in [1.165, 1.54) is 10.1 Å². The number of rotatable bonds is 6. The number of carbonyl (C=O) groups excluding carboxylic acids is 1. The van der Waals surface area contributed by atoms with Crippen LogP contribution in [0.2, 0.25) is 0 Å². The van der Waals surface area contributed by atoms with Gasteiger partial charge in [0, 0.05) is 37.2 Å². The van der Waals surface area contributed by atoms with E-state index in [9.17, 15) is 9.59 Å². The van der Waals surface area contributed by atoms with Crippen LogP contribution in [0.4, 0.5) is 0 Å². The lowest BCUT2D eigenvalue weighted by Gasteiger charge is -2.17. The van der Waals surface area contributed by atoms with E-state index in [1.54, 1.807) is 29.2 Å². The fraction of sp³-hybridized carbons (Fsp3) is 0.348. The molecule has 2 unspecified atom stereocenters. The Bertz CT molecular complexity index is 1250. The van der Waals surface area contributed by atoms with E-state index >= 15 is 0 Å². The van der Waals surface area contributed by atoms with Gasteiger partial charge in [-0.1, -0.05) is 17.7 Å². The largest absolute Gasteiger partial charge is 0.489 e. The molecule has 7 nitrogen and oxygen atoms in total. The second kappa shape index (κ2) is 7.27. The predicted octanol–water partition coefficient (Wildman–Crippen LogP) is 2.72. The quantitative estimate of drug-likeness (QED) is 0.600. The van der Waals surface area contributed by atoms with Crippen LogP contribution in [0, 0.1) is 13.8 Å². The highest BCUT2D eigenvalue weighted by Crippen LogP contribution is 2.58. The SMILES string of the molecule is Cc1ccc2c(c1)C1(CNC(=O)c3ccc(-n4cnc(C)c4)c(=O)n3CCCl)CC1O2. The predicted molar refractivity (Wildman–Crippen MR) is 118 cm³/mol. The van der Waals surface area contributed by atoms with Gasteiger partial charge in [-0.05, 0) is 32.0 Å². The van der Waals surface area contributed by atoms with E-state index in [2.05, 4.69) is 23.3 Å². The minimum Gasteiger partial charge on any atom is -0.489 e. The summed E-state index contributed by atoms with van der Waals surface area (Å²) in [5.74, 6) is 0.825. The minimum atomic E-state index is -0.295. The Labute approximate surface area is 184 Å². The zero-order chi connectivity index (χ0) is 21.8. The van der Waals surface area contributed by atoms with Gasteiger partial charge in [0.25, 0.3) is 11.5 Å². The van der Waals surface area contributed by atoms with Gasteiger partial charge in [0.1, 0.15) is 23.2 Å². The summed E-state index contributed by atoms with van der Waals surface area (Å²) < 4.78 is 9.08. The van der Waals surface area contributed by atoms with Gasteiger partial charge in [-0.15, -0.1) is 11.6 Å². The highest BCUT2D eigenvalue weighted by molar-refractivity contribution is 6.17. The van der Waals surface area contributed by atoms with Crippen LogP contribution in [-0.2, 0) is 12.0 Å². The molecule has 8 heteroatoms. The van der Waals surface area contributed by atoms with Gasteiger partial charge in [0.2, 0.25) is 0 Å². The molecule has 3 aromatic rings. The Kier molecular flexibility index (Phi) is 4.66. The second-order valence-corrected chi connectivity index (χ2v) is 8.70. The van der Waals surface area contributed by atoms with Crippen LogP contribution in [0.25, 0.3) is 5.69 Å². The molecule has 0 bridgehead atoms. The van der Waals surface area contributed by atoms with Gasteiger partial charge in [0.05, 0.1) is 17.4 Å². The Morgan fingerprint density at radius 1 is 1.32 bits per heavy atom. The number of hydrogen-bond donors (Lipinski definition) is 1. The highest BCUT2D eigenvalue weighted by atomic mass is 35.5. The number of imidazole rings is 1. The number of pyridine rings is 1. The van der Waals surface area contributed by atoms with E-state index < -0.39 is 0 Å². The van der Waals surface area contributed by atoms with Gasteiger partial charge in [-0.25, -0.2) is 4.98 Å². The third-order valence-corrected chi connectivity index (χ3v) is 6.36. The first-order valence-electron chi connectivity index (χ1n) is 10.3. The van der Waals surface area contributed by atoms with E-state index in [4.69, 9.17) is 16.3 Å². The number of ether oxygens (including phenoxy) is 1. The van der Waals surface area contributed by atoms with Crippen LogP contribution in [0.3, 0.4) is 0 Å². The molecule has 2 atom stereocenters. The zero-order valence-corrected chi connectivity index (χ0v) is 18.1. The molecule has 0 saturated heterocycles. The number of aromatic nitrogens is 3. The van der Waals surface area contributed by atoms with Crippen molar-refractivity contribution in [3.05, 3.63) is 75.7 Å². The molecule has 5 rings (SSSR count). The van der Waals surface area contributed by atoms with Gasteiger partial charge in [-0.3, -0.25) is 9.59 Å². The van der Waals surface area contributed by atoms with Crippen molar-refractivity contribution < 1.29 is 9.53 Å². The van der Waals surface area contributed by atoms with Crippen LogP contribution in [0.5, 0.6) is 5.75 Å². The van der Waals surface area contributed by atoms with Crippen molar-refractivity contribution >= 4 is 17.5 Å². The average molecular weight is 439 g/mol. The van der Waals surface area contributed by atoms with Crippen molar-refractivity contribution in [2.75, 3.05) is 12.4 Å². The van der Waals surface area contributed by atoms with Crippen LogP contribution in [0.15, 0.2) is 47.7 Å². The van der Waals surface area contributed by atoms with Crippen molar-refractivity contribution in [3.63, 3.8) is 0 Å². The lowest BCUT2D eigenvalue weighted by Crippen LogP contribution is -2.37. The summed E-state index contributed by atoms with van der Waals surface area (Å²) in [7, 11) is 0. The number of amides is 1. The number of carbonyl (C=O) groups is 1. The monoisotopic (exact) mass is 438 g/mol. The maximum Gasteiger partial charge on any atom is 0.275 e. The lowest BCUT2D eigenvalue weighted by atomic mass is 9.94. The third-order valence-electron chi connectivity index (χ3n) is 6.20. The Hall–Kier alpha value is -3.06. The van der Waals surface area contributed by atoms with Gasteiger partial charge in [-0.2, -0.15) is 0 Å². The molecule has 0 spiro atoms. The molecule has 2 aliphatic rings. The number of aryl methyl sites for hydroxylation is 2. The number of fused-ring (bicyclic) bond motifs is 3. The zero-order valence-electron chi connectivity index (χ0n) is 17.4. The lowest BCUT2D eigenvalue weighted by molar-refractivity contribution is 0.0938. The number of alkyl halides is 1. The average Bonchev–Trinajstić information content (AvgIpc) is 3.13. The minimum absolute atomic E-state index is 0.0986. The number of nitrogens with zero attached hydrogens (tertiary/aromatic N) is 3. The summed E-state index contributed by atoms with van der Waals surface area (Å²) in [5, 5.41) is 3.03. The first-order chi connectivity index (χ1) is 14.9. The summed E-state index contributed by atoms with van der Waals surface area (Å²) in [5.41, 5.74) is 3.39. The molecule has 1 N–H and O–H groups in total. The second-order valence-electron chi connectivity index (χ2n) is 8.32. The summed E-state index contributed by atoms with van der Waals surface area (Å²) in [6.45, 7) is 4.61. The molecule has 1 amide bonds. The maximum absolute atomic E-state index is 13.1. The molecule has 1 saturated carbocycles. The molecule has 31 heavy (non-hydrogen) atoms. The van der Waals surface area contributed by atoms with Gasteiger partial charge < -0.3 is 19.2 Å². The van der Waals surface area contributed by atoms with Crippen molar-refractivity contribution in [1.29, 1.82) is 0 Å². The normalized spacial score (nSPS) is 20.7. The van der Waals surface area contributed by atoms with Crippen LogP contribution in [-0.4, -0.2) is 38.6 Å². The Morgan fingerprint density at radius 3 is 2.90 bits per heavy atom. The smallest absolute Gasteiger partial charge is 0.275 e. The maximum atomic E-state index is 13.1. The molecular formula is C23H23ClN4O3.